The summed E-state index contributed by atoms with van der Waals surface area (Å²) in [6.07, 6.45) is 0. The molecule has 0 aliphatic heterocycles. The van der Waals surface area contributed by atoms with E-state index in [0.29, 0.717) is 5.61 Å². The molecule has 0 saturated carbocycles. The number of hydrogen-bond acceptors (Lipinski definition) is 3. The lowest BCUT2D eigenvalue weighted by molar-refractivity contribution is 0.591. The lowest BCUT2D eigenvalue weighted by Gasteiger charge is -2.21. The van der Waals surface area contributed by atoms with E-state index in [1.807, 2.05) is 20.8 Å². The van der Waals surface area contributed by atoms with E-state index >= 15 is 0 Å². The van der Waals surface area contributed by atoms with E-state index in [2.05, 4.69) is 15.5 Å². The normalized spacial score (nSPS) is 14.8. The molecule has 66 valence electrons. The van der Waals surface area contributed by atoms with Gasteiger partial charge in [-0.05, 0) is 0 Å². The molecule has 0 aromatic rings. The van der Waals surface area contributed by atoms with Gasteiger partial charge in [-0.15, -0.1) is 0 Å². The summed E-state index contributed by atoms with van der Waals surface area (Å²) in [5.41, 5.74) is 3.91. The van der Waals surface area contributed by atoms with Gasteiger partial charge in [-0.3, -0.25) is 0 Å². The second-order valence-electron chi connectivity index (χ2n) is 3.54. The minimum absolute atomic E-state index is 0.0768. The molecule has 3 nitrogen and oxygen atoms in total. The Morgan fingerprint density at radius 1 is 1.33 bits per heavy atom. The number of hydrogen-bond donors (Lipinski definition) is 1. The summed E-state index contributed by atoms with van der Waals surface area (Å²) in [6, 6.07) is 0. The first-order valence-electron chi connectivity index (χ1n) is 3.91. The van der Waals surface area contributed by atoms with Gasteiger partial charge in [0.05, 0.1) is 5.71 Å². The van der Waals surface area contributed by atoms with Crippen molar-refractivity contribution in [2.24, 2.45) is 15.5 Å². The molecule has 0 rings (SSSR count). The third-order valence-electron chi connectivity index (χ3n) is 1.42. The van der Waals surface area contributed by atoms with E-state index < -0.39 is 0 Å². The third-order valence-corrected chi connectivity index (χ3v) is 1.42. The van der Waals surface area contributed by atoms with Crippen LogP contribution < -0.4 is 5.43 Å². The topological polar surface area (TPSA) is 36.8 Å². The van der Waals surface area contributed by atoms with Gasteiger partial charge in [0, 0.05) is 25.1 Å². The summed E-state index contributed by atoms with van der Waals surface area (Å²) in [5, 5.41) is 4.08. The molecule has 4 heteroatoms. The first-order chi connectivity index (χ1) is 5.43. The first-order valence-corrected chi connectivity index (χ1v) is 3.91. The highest BCUT2D eigenvalue weighted by molar-refractivity contribution is 6.80. The molecule has 0 heterocycles. The van der Waals surface area contributed by atoms with Gasteiger partial charge in [0.25, 0.3) is 0 Å². The van der Waals surface area contributed by atoms with Gasteiger partial charge in [-0.1, -0.05) is 20.8 Å². The zero-order valence-corrected chi connectivity index (χ0v) is 8.47. The van der Waals surface area contributed by atoms with Crippen molar-refractivity contribution in [2.75, 3.05) is 14.1 Å². The summed E-state index contributed by atoms with van der Waals surface area (Å²) >= 11 is 0. The molecule has 0 aromatic carbocycles. The molecule has 1 N–H and O–H groups in total. The van der Waals surface area contributed by atoms with Crippen molar-refractivity contribution in [3.8, 4) is 0 Å². The van der Waals surface area contributed by atoms with Crippen molar-refractivity contribution in [1.29, 1.82) is 0 Å². The van der Waals surface area contributed by atoms with Crippen molar-refractivity contribution in [3.63, 3.8) is 0 Å². The largest absolute Gasteiger partial charge is 0.313 e. The molecular formula is C8H16BN3. The number of nitrogens with one attached hydrogen (secondary N) is 1. The van der Waals surface area contributed by atoms with Crippen LogP contribution in [-0.2, 0) is 0 Å². The van der Waals surface area contributed by atoms with Crippen molar-refractivity contribution in [3.05, 3.63) is 0 Å². The Labute approximate surface area is 75.8 Å². The lowest BCUT2D eigenvalue weighted by atomic mass is 9.80. The van der Waals surface area contributed by atoms with Gasteiger partial charge in [0.15, 0.2) is 0 Å². The molecule has 0 saturated heterocycles. The van der Waals surface area contributed by atoms with E-state index in [4.69, 9.17) is 7.85 Å². The highest BCUT2D eigenvalue weighted by atomic mass is 15.3. The molecule has 0 aromatic heterocycles. The average molecular weight is 165 g/mol. The predicted octanol–water partition coefficient (Wildman–Crippen LogP) is 0.805. The Morgan fingerprint density at radius 3 is 2.08 bits per heavy atom. The molecule has 2 radical (unpaired) electrons. The molecule has 12 heavy (non-hydrogen) atoms. The Hall–Kier alpha value is -0.795. The molecule has 0 fully saturated rings. The third kappa shape index (κ3) is 3.07. The first kappa shape index (κ1) is 11.2. The minimum Gasteiger partial charge on any atom is -0.313 e. The van der Waals surface area contributed by atoms with Crippen molar-refractivity contribution in [2.45, 2.75) is 20.8 Å². The maximum Gasteiger partial charge on any atom is 0.143 e. The van der Waals surface area contributed by atoms with Crippen LogP contribution in [0.15, 0.2) is 10.1 Å². The van der Waals surface area contributed by atoms with Crippen LogP contribution in [0, 0.1) is 5.41 Å². The fourth-order valence-corrected chi connectivity index (χ4v) is 0.827. The van der Waals surface area contributed by atoms with E-state index in [9.17, 15) is 0 Å². The van der Waals surface area contributed by atoms with Crippen LogP contribution in [0.3, 0.4) is 0 Å². The van der Waals surface area contributed by atoms with Gasteiger partial charge >= 0.3 is 0 Å². The number of rotatable bonds is 2. The molecule has 0 amide bonds. The number of hydrazone groups is 1. The monoisotopic (exact) mass is 165 g/mol. The molecule has 0 aliphatic rings. The van der Waals surface area contributed by atoms with Crippen LogP contribution in [0.5, 0.6) is 0 Å². The average Bonchev–Trinajstić information content (AvgIpc) is 1.96. The zero-order valence-electron chi connectivity index (χ0n) is 8.47. The smallest absolute Gasteiger partial charge is 0.143 e. The second-order valence-corrected chi connectivity index (χ2v) is 3.54. The Kier molecular flexibility index (Phi) is 4.00. The summed E-state index contributed by atoms with van der Waals surface area (Å²) in [5.74, 6) is 0. The maximum absolute atomic E-state index is 5.67. The summed E-state index contributed by atoms with van der Waals surface area (Å²) in [4.78, 5) is 3.90. The molecule has 0 atom stereocenters. The van der Waals surface area contributed by atoms with Gasteiger partial charge in [-0.25, -0.2) is 0 Å². The van der Waals surface area contributed by atoms with Crippen molar-refractivity contribution < 1.29 is 0 Å². The molecule has 0 aliphatic carbocycles. The van der Waals surface area contributed by atoms with E-state index in [1.54, 1.807) is 14.1 Å². The van der Waals surface area contributed by atoms with Crippen LogP contribution in [-0.4, -0.2) is 33.3 Å². The highest BCUT2D eigenvalue weighted by Crippen LogP contribution is 2.16. The van der Waals surface area contributed by atoms with Crippen LogP contribution in [0.1, 0.15) is 20.8 Å². The van der Waals surface area contributed by atoms with Gasteiger partial charge < -0.3 is 10.4 Å². The molecule has 0 spiro atoms. The van der Waals surface area contributed by atoms with Crippen LogP contribution in [0.4, 0.5) is 0 Å². The van der Waals surface area contributed by atoms with E-state index in [1.165, 1.54) is 0 Å². The predicted molar refractivity (Wildman–Crippen MR) is 55.1 cm³/mol. The Bertz CT molecular complexity index is 201. The Balaban J connectivity index is 4.82. The van der Waals surface area contributed by atoms with Crippen molar-refractivity contribution in [1.82, 2.24) is 5.43 Å². The van der Waals surface area contributed by atoms with E-state index in [-0.39, 0.29) is 5.41 Å². The SMILES string of the molecule is [B]C(=NC)C(=NNC)C(C)(C)C. The van der Waals surface area contributed by atoms with Crippen molar-refractivity contribution >= 4 is 19.2 Å². The molecular weight excluding hydrogens is 149 g/mol. The fourth-order valence-electron chi connectivity index (χ4n) is 0.827. The zero-order chi connectivity index (χ0) is 9.78. The van der Waals surface area contributed by atoms with Gasteiger partial charge in [0.1, 0.15) is 7.85 Å². The highest BCUT2D eigenvalue weighted by Gasteiger charge is 2.20. The minimum atomic E-state index is -0.0768. The van der Waals surface area contributed by atoms with Crippen LogP contribution in [0.25, 0.3) is 0 Å². The summed E-state index contributed by atoms with van der Waals surface area (Å²) in [6.45, 7) is 6.13. The van der Waals surface area contributed by atoms with Gasteiger partial charge in [-0.2, -0.15) is 5.10 Å². The van der Waals surface area contributed by atoms with Crippen LogP contribution in [0.2, 0.25) is 0 Å². The fraction of sp³-hybridized carbons (Fsp3) is 0.750. The number of nitrogens with zero attached hydrogens (tertiary/aromatic N) is 2. The number of aliphatic imine (C=N–C) groups is 1. The standard InChI is InChI=1S/C8H16BN3/c1-8(2,3)6(12-11-5)7(9)10-4/h11H,1-5H3. The quantitative estimate of drug-likeness (QED) is 0.366. The lowest BCUT2D eigenvalue weighted by Crippen LogP contribution is -2.31. The maximum atomic E-state index is 5.67. The second kappa shape index (κ2) is 4.29. The van der Waals surface area contributed by atoms with Gasteiger partial charge in [0.2, 0.25) is 0 Å². The van der Waals surface area contributed by atoms with Crippen LogP contribution >= 0.6 is 0 Å². The molecule has 0 unspecified atom stereocenters. The Morgan fingerprint density at radius 2 is 1.83 bits per heavy atom. The summed E-state index contributed by atoms with van der Waals surface area (Å²) < 4.78 is 0. The molecule has 0 bridgehead atoms. The van der Waals surface area contributed by atoms with E-state index in [0.717, 1.165) is 5.71 Å². The summed E-state index contributed by atoms with van der Waals surface area (Å²) in [7, 11) is 9.07.